The van der Waals surface area contributed by atoms with Gasteiger partial charge in [0.05, 0.1) is 11.3 Å². The van der Waals surface area contributed by atoms with Crippen molar-refractivity contribution >= 4 is 45.2 Å². The van der Waals surface area contributed by atoms with Crippen LogP contribution in [-0.4, -0.2) is 30.6 Å². The SMILES string of the molecule is Cc1cc(Br)ccc1NC(=O)COC(=O)c1ccccc1NC(=O)NC(C)C. The fourth-order valence-corrected chi connectivity index (χ4v) is 2.83. The van der Waals surface area contributed by atoms with E-state index >= 15 is 0 Å². The Hall–Kier alpha value is -2.87. The molecule has 0 saturated carbocycles. The highest BCUT2D eigenvalue weighted by molar-refractivity contribution is 9.10. The molecule has 8 heteroatoms. The molecule has 0 aliphatic carbocycles. The van der Waals surface area contributed by atoms with E-state index in [1.807, 2.05) is 26.8 Å². The average molecular weight is 448 g/mol. The van der Waals surface area contributed by atoms with E-state index in [0.29, 0.717) is 11.4 Å². The number of esters is 1. The summed E-state index contributed by atoms with van der Waals surface area (Å²) in [6.45, 7) is 5.06. The number of aryl methyl sites for hydroxylation is 1. The second-order valence-electron chi connectivity index (χ2n) is 6.38. The van der Waals surface area contributed by atoms with Crippen LogP contribution in [0.5, 0.6) is 0 Å². The van der Waals surface area contributed by atoms with Gasteiger partial charge < -0.3 is 20.7 Å². The van der Waals surface area contributed by atoms with Gasteiger partial charge in [0.1, 0.15) is 0 Å². The minimum Gasteiger partial charge on any atom is -0.452 e. The van der Waals surface area contributed by atoms with Gasteiger partial charge in [-0.25, -0.2) is 9.59 Å². The highest BCUT2D eigenvalue weighted by Gasteiger charge is 2.16. The number of benzene rings is 2. The maximum atomic E-state index is 12.4. The van der Waals surface area contributed by atoms with Crippen LogP contribution in [0.3, 0.4) is 0 Å². The fraction of sp³-hybridized carbons (Fsp3) is 0.250. The second kappa shape index (κ2) is 9.89. The lowest BCUT2D eigenvalue weighted by Gasteiger charge is -2.13. The molecule has 0 radical (unpaired) electrons. The quantitative estimate of drug-likeness (QED) is 0.581. The van der Waals surface area contributed by atoms with E-state index in [4.69, 9.17) is 4.74 Å². The number of halogens is 1. The molecule has 2 rings (SSSR count). The number of carbonyl (C=O) groups is 3. The number of para-hydroxylation sites is 1. The lowest BCUT2D eigenvalue weighted by molar-refractivity contribution is -0.119. The normalized spacial score (nSPS) is 10.3. The van der Waals surface area contributed by atoms with Crippen molar-refractivity contribution in [1.29, 1.82) is 0 Å². The summed E-state index contributed by atoms with van der Waals surface area (Å²) in [5.41, 5.74) is 1.97. The van der Waals surface area contributed by atoms with Crippen LogP contribution in [-0.2, 0) is 9.53 Å². The summed E-state index contributed by atoms with van der Waals surface area (Å²) < 4.78 is 6.00. The number of rotatable bonds is 6. The lowest BCUT2D eigenvalue weighted by atomic mass is 10.2. The Labute approximate surface area is 172 Å². The van der Waals surface area contributed by atoms with Gasteiger partial charge in [0.25, 0.3) is 5.91 Å². The van der Waals surface area contributed by atoms with E-state index in [9.17, 15) is 14.4 Å². The molecular formula is C20H22BrN3O4. The topological polar surface area (TPSA) is 96.5 Å². The Morgan fingerprint density at radius 2 is 1.75 bits per heavy atom. The van der Waals surface area contributed by atoms with Crippen LogP contribution in [0.15, 0.2) is 46.9 Å². The lowest BCUT2D eigenvalue weighted by Crippen LogP contribution is -2.34. The van der Waals surface area contributed by atoms with E-state index in [1.165, 1.54) is 6.07 Å². The minimum absolute atomic E-state index is 0.0510. The largest absolute Gasteiger partial charge is 0.452 e. The summed E-state index contributed by atoms with van der Waals surface area (Å²) in [6, 6.07) is 11.4. The highest BCUT2D eigenvalue weighted by Crippen LogP contribution is 2.20. The predicted molar refractivity (Wildman–Crippen MR) is 112 cm³/mol. The third-order valence-electron chi connectivity index (χ3n) is 3.61. The first-order valence-corrected chi connectivity index (χ1v) is 9.45. The number of urea groups is 1. The van der Waals surface area contributed by atoms with E-state index < -0.39 is 24.5 Å². The average Bonchev–Trinajstić information content (AvgIpc) is 2.62. The fourth-order valence-electron chi connectivity index (χ4n) is 2.35. The Bertz CT molecular complexity index is 884. The maximum Gasteiger partial charge on any atom is 0.340 e. The molecule has 0 aliphatic heterocycles. The first-order valence-electron chi connectivity index (χ1n) is 8.66. The minimum atomic E-state index is -0.705. The monoisotopic (exact) mass is 447 g/mol. The number of amides is 3. The zero-order valence-electron chi connectivity index (χ0n) is 15.8. The van der Waals surface area contributed by atoms with Crippen molar-refractivity contribution in [2.45, 2.75) is 26.8 Å². The molecule has 0 bridgehead atoms. The summed E-state index contributed by atoms with van der Waals surface area (Å²) in [5.74, 6) is -1.16. The molecule has 0 saturated heterocycles. The number of carbonyl (C=O) groups excluding carboxylic acids is 3. The second-order valence-corrected chi connectivity index (χ2v) is 7.30. The molecule has 28 heavy (non-hydrogen) atoms. The van der Waals surface area contributed by atoms with Gasteiger partial charge in [0.15, 0.2) is 6.61 Å². The van der Waals surface area contributed by atoms with Crippen LogP contribution in [0.25, 0.3) is 0 Å². The Morgan fingerprint density at radius 3 is 2.43 bits per heavy atom. The molecule has 0 spiro atoms. The summed E-state index contributed by atoms with van der Waals surface area (Å²) in [6.07, 6.45) is 0. The summed E-state index contributed by atoms with van der Waals surface area (Å²) in [7, 11) is 0. The van der Waals surface area contributed by atoms with Crippen molar-refractivity contribution in [3.8, 4) is 0 Å². The van der Waals surface area contributed by atoms with E-state index in [0.717, 1.165) is 10.0 Å². The van der Waals surface area contributed by atoms with Crippen LogP contribution < -0.4 is 16.0 Å². The highest BCUT2D eigenvalue weighted by atomic mass is 79.9. The number of hydrogen-bond donors (Lipinski definition) is 3. The van der Waals surface area contributed by atoms with Gasteiger partial charge in [0, 0.05) is 16.2 Å². The van der Waals surface area contributed by atoms with Gasteiger partial charge in [-0.05, 0) is 56.7 Å². The Morgan fingerprint density at radius 1 is 1.04 bits per heavy atom. The number of nitrogens with one attached hydrogen (secondary N) is 3. The Kier molecular flexibility index (Phi) is 7.57. The first kappa shape index (κ1) is 21.4. The molecule has 2 aromatic rings. The smallest absolute Gasteiger partial charge is 0.340 e. The molecule has 0 fully saturated rings. The molecular weight excluding hydrogens is 426 g/mol. The third-order valence-corrected chi connectivity index (χ3v) is 4.11. The summed E-state index contributed by atoms with van der Waals surface area (Å²) in [5, 5.41) is 7.98. The van der Waals surface area contributed by atoms with Crippen molar-refractivity contribution in [3.05, 3.63) is 58.1 Å². The van der Waals surface area contributed by atoms with Crippen LogP contribution in [0, 0.1) is 6.92 Å². The third kappa shape index (κ3) is 6.38. The molecule has 3 N–H and O–H groups in total. The van der Waals surface area contributed by atoms with Crippen molar-refractivity contribution in [2.75, 3.05) is 17.2 Å². The molecule has 0 heterocycles. The molecule has 0 atom stereocenters. The van der Waals surface area contributed by atoms with Gasteiger partial charge in [-0.2, -0.15) is 0 Å². The summed E-state index contributed by atoms with van der Waals surface area (Å²) >= 11 is 3.36. The molecule has 7 nitrogen and oxygen atoms in total. The number of anilines is 2. The van der Waals surface area contributed by atoms with Gasteiger partial charge in [-0.3, -0.25) is 4.79 Å². The zero-order chi connectivity index (χ0) is 20.7. The molecule has 0 aliphatic rings. The summed E-state index contributed by atoms with van der Waals surface area (Å²) in [4.78, 5) is 36.3. The van der Waals surface area contributed by atoms with E-state index in [2.05, 4.69) is 31.9 Å². The van der Waals surface area contributed by atoms with Gasteiger partial charge in [-0.15, -0.1) is 0 Å². The van der Waals surface area contributed by atoms with Crippen molar-refractivity contribution < 1.29 is 19.1 Å². The van der Waals surface area contributed by atoms with Crippen molar-refractivity contribution in [2.24, 2.45) is 0 Å². The standard InChI is InChI=1S/C20H22BrN3O4/c1-12(2)22-20(27)24-17-7-5-4-6-15(17)19(26)28-11-18(25)23-16-9-8-14(21)10-13(16)3/h4-10,12H,11H2,1-3H3,(H,23,25)(H2,22,24,27). The van der Waals surface area contributed by atoms with Crippen LogP contribution in [0.2, 0.25) is 0 Å². The molecule has 0 aromatic heterocycles. The van der Waals surface area contributed by atoms with Crippen molar-refractivity contribution in [3.63, 3.8) is 0 Å². The van der Waals surface area contributed by atoms with Crippen molar-refractivity contribution in [1.82, 2.24) is 5.32 Å². The zero-order valence-corrected chi connectivity index (χ0v) is 17.4. The van der Waals surface area contributed by atoms with Crippen LogP contribution in [0.1, 0.15) is 29.8 Å². The van der Waals surface area contributed by atoms with Gasteiger partial charge >= 0.3 is 12.0 Å². The number of hydrogen-bond acceptors (Lipinski definition) is 4. The van der Waals surface area contributed by atoms with Gasteiger partial charge in [-0.1, -0.05) is 28.1 Å². The molecule has 0 unspecified atom stereocenters. The van der Waals surface area contributed by atoms with E-state index in [-0.39, 0.29) is 11.6 Å². The molecule has 148 valence electrons. The number of ether oxygens (including phenoxy) is 1. The molecule has 2 aromatic carbocycles. The van der Waals surface area contributed by atoms with Gasteiger partial charge in [0.2, 0.25) is 0 Å². The Balaban J connectivity index is 1.97. The van der Waals surface area contributed by atoms with Crippen LogP contribution in [0.4, 0.5) is 16.2 Å². The van der Waals surface area contributed by atoms with E-state index in [1.54, 1.807) is 30.3 Å². The molecule has 3 amide bonds. The van der Waals surface area contributed by atoms with Crippen LogP contribution >= 0.6 is 15.9 Å². The predicted octanol–water partition coefficient (Wildman–Crippen LogP) is 4.08. The maximum absolute atomic E-state index is 12.4. The first-order chi connectivity index (χ1) is 13.3.